The summed E-state index contributed by atoms with van der Waals surface area (Å²) in [6, 6.07) is 13.5. The predicted molar refractivity (Wildman–Crippen MR) is 97.0 cm³/mol. The number of benzene rings is 2. The number of nitrogens with zero attached hydrogens (tertiary/aromatic N) is 1. The van der Waals surface area contributed by atoms with E-state index in [9.17, 15) is 4.79 Å². The largest absolute Gasteiger partial charge is 0.493 e. The van der Waals surface area contributed by atoms with E-state index in [-0.39, 0.29) is 11.3 Å². The fraction of sp³-hybridized carbons (Fsp3) is 0.316. The second-order valence-electron chi connectivity index (χ2n) is 5.62. The minimum Gasteiger partial charge on any atom is -0.493 e. The first-order valence-electron chi connectivity index (χ1n) is 7.86. The highest BCUT2D eigenvalue weighted by atomic mass is 32.2. The Balaban J connectivity index is 1.97. The van der Waals surface area contributed by atoms with Crippen molar-refractivity contribution >= 4 is 17.7 Å². The first kappa shape index (κ1) is 16.7. The van der Waals surface area contributed by atoms with Crippen molar-refractivity contribution in [2.75, 3.05) is 26.5 Å². The first-order valence-corrected chi connectivity index (χ1v) is 8.91. The van der Waals surface area contributed by atoms with Crippen LogP contribution in [0.3, 0.4) is 0 Å². The fourth-order valence-electron chi connectivity index (χ4n) is 3.01. The highest BCUT2D eigenvalue weighted by molar-refractivity contribution is 7.99. The number of methoxy groups -OCH3 is 2. The molecule has 1 heterocycles. The molecular formula is C19H21NO3S. The van der Waals surface area contributed by atoms with Crippen LogP contribution in [0.1, 0.15) is 26.9 Å². The van der Waals surface area contributed by atoms with Crippen LogP contribution in [0.4, 0.5) is 0 Å². The molecule has 4 nitrogen and oxygen atoms in total. The Morgan fingerprint density at radius 2 is 1.92 bits per heavy atom. The number of rotatable bonds is 4. The summed E-state index contributed by atoms with van der Waals surface area (Å²) in [5, 5.41) is -0.0674. The summed E-state index contributed by atoms with van der Waals surface area (Å²) < 4.78 is 11.0. The lowest BCUT2D eigenvalue weighted by Gasteiger charge is -2.26. The van der Waals surface area contributed by atoms with Crippen LogP contribution in [-0.2, 0) is 0 Å². The van der Waals surface area contributed by atoms with E-state index in [1.165, 1.54) is 0 Å². The summed E-state index contributed by atoms with van der Waals surface area (Å²) in [4.78, 5) is 15.0. The number of amides is 1. The van der Waals surface area contributed by atoms with E-state index in [0.29, 0.717) is 11.5 Å². The molecule has 0 bridgehead atoms. The number of ether oxygens (including phenoxy) is 2. The van der Waals surface area contributed by atoms with E-state index in [1.807, 2.05) is 54.3 Å². The minimum atomic E-state index is -0.0674. The third kappa shape index (κ3) is 2.96. The van der Waals surface area contributed by atoms with Gasteiger partial charge in [0.05, 0.1) is 14.2 Å². The predicted octanol–water partition coefficient (Wildman–Crippen LogP) is 3.90. The summed E-state index contributed by atoms with van der Waals surface area (Å²) in [6.45, 7) is 2.69. The Hall–Kier alpha value is -2.14. The third-order valence-corrected chi connectivity index (χ3v) is 5.47. The van der Waals surface area contributed by atoms with Crippen molar-refractivity contribution < 1.29 is 14.3 Å². The van der Waals surface area contributed by atoms with E-state index in [1.54, 1.807) is 26.0 Å². The van der Waals surface area contributed by atoms with Crippen molar-refractivity contribution in [1.82, 2.24) is 4.90 Å². The Bertz CT molecular complexity index is 747. The van der Waals surface area contributed by atoms with E-state index < -0.39 is 0 Å². The van der Waals surface area contributed by atoms with Gasteiger partial charge in [0, 0.05) is 23.4 Å². The van der Waals surface area contributed by atoms with Crippen LogP contribution in [0.2, 0.25) is 0 Å². The third-order valence-electron chi connectivity index (χ3n) is 4.23. The number of aryl methyl sites for hydroxylation is 1. The molecule has 0 N–H and O–H groups in total. The van der Waals surface area contributed by atoms with Crippen LogP contribution in [0, 0.1) is 6.92 Å². The normalized spacial score (nSPS) is 17.0. The summed E-state index contributed by atoms with van der Waals surface area (Å²) in [7, 11) is 3.26. The van der Waals surface area contributed by atoms with Crippen LogP contribution in [0.5, 0.6) is 11.5 Å². The fourth-order valence-corrected chi connectivity index (χ4v) is 4.28. The van der Waals surface area contributed by atoms with Gasteiger partial charge in [0.25, 0.3) is 5.91 Å². The Kier molecular flexibility index (Phi) is 5.00. The number of carbonyl (C=O) groups excluding carboxylic acids is 1. The highest BCUT2D eigenvalue weighted by Gasteiger charge is 2.34. The zero-order chi connectivity index (χ0) is 17.1. The maximum atomic E-state index is 13.0. The molecule has 0 spiro atoms. The molecule has 1 aliphatic rings. The van der Waals surface area contributed by atoms with Gasteiger partial charge < -0.3 is 14.4 Å². The molecule has 1 amide bonds. The summed E-state index contributed by atoms with van der Waals surface area (Å²) >= 11 is 1.75. The van der Waals surface area contributed by atoms with E-state index >= 15 is 0 Å². The lowest BCUT2D eigenvalue weighted by molar-refractivity contribution is 0.0758. The lowest BCUT2D eigenvalue weighted by atomic mass is 10.1. The van der Waals surface area contributed by atoms with Crippen molar-refractivity contribution in [1.29, 1.82) is 0 Å². The maximum Gasteiger partial charge on any atom is 0.255 e. The Labute approximate surface area is 146 Å². The first-order chi connectivity index (χ1) is 11.7. The molecule has 0 unspecified atom stereocenters. The van der Waals surface area contributed by atoms with Gasteiger partial charge in [-0.25, -0.2) is 0 Å². The van der Waals surface area contributed by atoms with Gasteiger partial charge >= 0.3 is 0 Å². The zero-order valence-corrected chi connectivity index (χ0v) is 14.9. The molecule has 3 rings (SSSR count). The Morgan fingerprint density at radius 3 is 2.62 bits per heavy atom. The van der Waals surface area contributed by atoms with Crippen LogP contribution in [0.25, 0.3) is 0 Å². The molecule has 0 aromatic heterocycles. The second-order valence-corrected chi connectivity index (χ2v) is 6.81. The number of hydrogen-bond acceptors (Lipinski definition) is 4. The van der Waals surface area contributed by atoms with Gasteiger partial charge in [0.15, 0.2) is 11.5 Å². The van der Waals surface area contributed by atoms with Crippen LogP contribution >= 0.6 is 11.8 Å². The van der Waals surface area contributed by atoms with Crippen molar-refractivity contribution in [3.05, 3.63) is 59.2 Å². The standard InChI is InChI=1S/C19H21NO3S/c1-13-7-4-5-8-14(13)18(21)20-11-12-24-19(20)15-9-6-10-16(22-2)17(15)23-3/h4-10,19H,11-12H2,1-3H3/t19-/m1/s1. The van der Waals surface area contributed by atoms with Gasteiger partial charge in [-0.15, -0.1) is 11.8 Å². The van der Waals surface area contributed by atoms with Crippen LogP contribution < -0.4 is 9.47 Å². The van der Waals surface area contributed by atoms with E-state index in [2.05, 4.69) is 0 Å². The molecule has 2 aromatic rings. The van der Waals surface area contributed by atoms with Crippen molar-refractivity contribution in [2.45, 2.75) is 12.3 Å². The van der Waals surface area contributed by atoms with Crippen LogP contribution in [0.15, 0.2) is 42.5 Å². The summed E-state index contributed by atoms with van der Waals surface area (Å²) in [5.74, 6) is 2.35. The number of carbonyl (C=O) groups is 1. The van der Waals surface area contributed by atoms with E-state index in [4.69, 9.17) is 9.47 Å². The van der Waals surface area contributed by atoms with Gasteiger partial charge in [0.2, 0.25) is 0 Å². The van der Waals surface area contributed by atoms with E-state index in [0.717, 1.165) is 29.0 Å². The average molecular weight is 343 g/mol. The number of para-hydroxylation sites is 1. The molecule has 1 atom stereocenters. The molecule has 1 aliphatic heterocycles. The lowest BCUT2D eigenvalue weighted by Crippen LogP contribution is -2.31. The molecule has 0 aliphatic carbocycles. The zero-order valence-electron chi connectivity index (χ0n) is 14.1. The number of hydrogen-bond donors (Lipinski definition) is 0. The molecule has 1 saturated heterocycles. The van der Waals surface area contributed by atoms with Gasteiger partial charge in [-0.05, 0) is 24.6 Å². The van der Waals surface area contributed by atoms with Gasteiger partial charge in [0.1, 0.15) is 5.37 Å². The molecule has 0 radical (unpaired) electrons. The SMILES string of the molecule is COc1cccc([C@H]2SCCN2C(=O)c2ccccc2C)c1OC. The molecular weight excluding hydrogens is 322 g/mol. The summed E-state index contributed by atoms with van der Waals surface area (Å²) in [6.07, 6.45) is 0. The summed E-state index contributed by atoms with van der Waals surface area (Å²) in [5.41, 5.74) is 2.73. The smallest absolute Gasteiger partial charge is 0.255 e. The second kappa shape index (κ2) is 7.18. The molecule has 126 valence electrons. The molecule has 1 fully saturated rings. The molecule has 24 heavy (non-hydrogen) atoms. The van der Waals surface area contributed by atoms with Crippen molar-refractivity contribution in [3.63, 3.8) is 0 Å². The monoisotopic (exact) mass is 343 g/mol. The van der Waals surface area contributed by atoms with Gasteiger partial charge in [-0.3, -0.25) is 4.79 Å². The molecule has 5 heteroatoms. The molecule has 0 saturated carbocycles. The Morgan fingerprint density at radius 1 is 1.12 bits per heavy atom. The number of thioether (sulfide) groups is 1. The average Bonchev–Trinajstić information content (AvgIpc) is 3.10. The minimum absolute atomic E-state index is 0.0629. The quantitative estimate of drug-likeness (QED) is 0.844. The molecule has 2 aromatic carbocycles. The van der Waals surface area contributed by atoms with Crippen LogP contribution in [-0.4, -0.2) is 37.3 Å². The van der Waals surface area contributed by atoms with Crippen molar-refractivity contribution in [2.24, 2.45) is 0 Å². The maximum absolute atomic E-state index is 13.0. The van der Waals surface area contributed by atoms with Crippen molar-refractivity contribution in [3.8, 4) is 11.5 Å². The van der Waals surface area contributed by atoms with Gasteiger partial charge in [-0.2, -0.15) is 0 Å². The highest BCUT2D eigenvalue weighted by Crippen LogP contribution is 2.45. The topological polar surface area (TPSA) is 38.8 Å². The van der Waals surface area contributed by atoms with Gasteiger partial charge in [-0.1, -0.05) is 30.3 Å².